The standard InChI is InChI=1S/C18H25N3O/c1-11(2)13-5-6-16-14(9-13)15-10-21(8-7-17(15)20-16)18(22)19-12(3)4/h5-6,9,11-12,20H,7-8,10H2,1-4H3,(H,19,22). The number of fused-ring (bicyclic) bond motifs is 3. The van der Waals surface area contributed by atoms with E-state index in [0.717, 1.165) is 13.0 Å². The number of urea groups is 1. The second-order valence-corrected chi connectivity index (χ2v) is 6.82. The molecule has 2 aromatic rings. The molecule has 2 amide bonds. The van der Waals surface area contributed by atoms with Crippen molar-refractivity contribution in [3.05, 3.63) is 35.0 Å². The van der Waals surface area contributed by atoms with E-state index in [9.17, 15) is 4.79 Å². The molecule has 4 nitrogen and oxygen atoms in total. The summed E-state index contributed by atoms with van der Waals surface area (Å²) in [7, 11) is 0. The lowest BCUT2D eigenvalue weighted by molar-refractivity contribution is 0.190. The number of carbonyl (C=O) groups is 1. The summed E-state index contributed by atoms with van der Waals surface area (Å²) in [6.45, 7) is 9.87. The van der Waals surface area contributed by atoms with Gasteiger partial charge >= 0.3 is 6.03 Å². The molecule has 1 aromatic heterocycles. The van der Waals surface area contributed by atoms with E-state index in [1.54, 1.807) is 0 Å². The van der Waals surface area contributed by atoms with Crippen molar-refractivity contribution in [1.82, 2.24) is 15.2 Å². The second-order valence-electron chi connectivity index (χ2n) is 6.82. The fraction of sp³-hybridized carbons (Fsp3) is 0.500. The van der Waals surface area contributed by atoms with Gasteiger partial charge in [-0.1, -0.05) is 19.9 Å². The number of nitrogens with one attached hydrogen (secondary N) is 2. The van der Waals surface area contributed by atoms with Crippen molar-refractivity contribution in [2.45, 2.75) is 52.6 Å². The molecule has 0 fully saturated rings. The maximum Gasteiger partial charge on any atom is 0.317 e. The highest BCUT2D eigenvalue weighted by Gasteiger charge is 2.24. The zero-order valence-corrected chi connectivity index (χ0v) is 13.9. The normalized spacial score (nSPS) is 14.7. The van der Waals surface area contributed by atoms with E-state index in [4.69, 9.17) is 0 Å². The maximum absolute atomic E-state index is 12.3. The van der Waals surface area contributed by atoms with Crippen LogP contribution in [0, 0.1) is 0 Å². The van der Waals surface area contributed by atoms with Gasteiger partial charge in [0.15, 0.2) is 0 Å². The van der Waals surface area contributed by atoms with Crippen LogP contribution in [0.2, 0.25) is 0 Å². The number of aromatic amines is 1. The monoisotopic (exact) mass is 299 g/mol. The Bertz CT molecular complexity index is 700. The lowest BCUT2D eigenvalue weighted by Crippen LogP contribution is -2.45. The zero-order valence-electron chi connectivity index (χ0n) is 13.9. The number of hydrogen-bond donors (Lipinski definition) is 2. The molecule has 1 aliphatic heterocycles. The van der Waals surface area contributed by atoms with E-state index >= 15 is 0 Å². The minimum Gasteiger partial charge on any atom is -0.358 e. The minimum atomic E-state index is 0.0371. The van der Waals surface area contributed by atoms with E-state index in [1.807, 2.05) is 18.7 Å². The molecule has 0 radical (unpaired) electrons. The van der Waals surface area contributed by atoms with Gasteiger partial charge in [-0.2, -0.15) is 0 Å². The molecule has 22 heavy (non-hydrogen) atoms. The Morgan fingerprint density at radius 2 is 2.05 bits per heavy atom. The summed E-state index contributed by atoms with van der Waals surface area (Å²) in [4.78, 5) is 17.7. The van der Waals surface area contributed by atoms with Crippen LogP contribution in [0.15, 0.2) is 18.2 Å². The van der Waals surface area contributed by atoms with Gasteiger partial charge in [0, 0.05) is 47.7 Å². The first kappa shape index (κ1) is 14.9. The number of hydrogen-bond acceptors (Lipinski definition) is 1. The molecular formula is C18H25N3O. The summed E-state index contributed by atoms with van der Waals surface area (Å²) < 4.78 is 0. The van der Waals surface area contributed by atoms with Crippen LogP contribution in [-0.2, 0) is 13.0 Å². The highest BCUT2D eigenvalue weighted by atomic mass is 16.2. The van der Waals surface area contributed by atoms with E-state index in [2.05, 4.69) is 42.3 Å². The molecule has 0 spiro atoms. The highest BCUT2D eigenvalue weighted by molar-refractivity contribution is 5.86. The quantitative estimate of drug-likeness (QED) is 0.871. The fourth-order valence-corrected chi connectivity index (χ4v) is 3.10. The molecule has 0 unspecified atom stereocenters. The van der Waals surface area contributed by atoms with Crippen molar-refractivity contribution in [2.24, 2.45) is 0 Å². The number of H-pyrrole nitrogens is 1. The van der Waals surface area contributed by atoms with Crippen molar-refractivity contribution < 1.29 is 4.79 Å². The van der Waals surface area contributed by atoms with Gasteiger partial charge in [-0.05, 0) is 37.5 Å². The van der Waals surface area contributed by atoms with E-state index in [-0.39, 0.29) is 12.1 Å². The summed E-state index contributed by atoms with van der Waals surface area (Å²) in [5.41, 5.74) is 5.09. The first-order valence-corrected chi connectivity index (χ1v) is 8.14. The van der Waals surface area contributed by atoms with Crippen LogP contribution in [0.3, 0.4) is 0 Å². The molecule has 0 saturated heterocycles. The molecule has 3 rings (SSSR count). The SMILES string of the molecule is CC(C)NC(=O)N1CCc2[nH]c3ccc(C(C)C)cc3c2C1. The first-order chi connectivity index (χ1) is 10.5. The number of carbonyl (C=O) groups excluding carboxylic acids is 1. The number of benzene rings is 1. The van der Waals surface area contributed by atoms with E-state index in [0.29, 0.717) is 12.5 Å². The molecule has 2 N–H and O–H groups in total. The largest absolute Gasteiger partial charge is 0.358 e. The zero-order chi connectivity index (χ0) is 15.9. The van der Waals surface area contributed by atoms with Gasteiger partial charge in [-0.25, -0.2) is 4.79 Å². The van der Waals surface area contributed by atoms with Crippen LogP contribution in [-0.4, -0.2) is 28.5 Å². The van der Waals surface area contributed by atoms with Crippen LogP contribution in [0.1, 0.15) is 50.4 Å². The Kier molecular flexibility index (Phi) is 3.85. The maximum atomic E-state index is 12.3. The Hall–Kier alpha value is -1.97. The second kappa shape index (κ2) is 5.67. The van der Waals surface area contributed by atoms with Gasteiger partial charge in [0.05, 0.1) is 0 Å². The molecule has 4 heteroatoms. The van der Waals surface area contributed by atoms with Gasteiger partial charge in [0.25, 0.3) is 0 Å². The summed E-state index contributed by atoms with van der Waals surface area (Å²) in [6, 6.07) is 6.85. The smallest absolute Gasteiger partial charge is 0.317 e. The topological polar surface area (TPSA) is 48.1 Å². The van der Waals surface area contributed by atoms with Gasteiger partial charge in [-0.3, -0.25) is 0 Å². The molecule has 1 aromatic carbocycles. The van der Waals surface area contributed by atoms with Crippen molar-refractivity contribution in [3.8, 4) is 0 Å². The third-order valence-electron chi connectivity index (χ3n) is 4.37. The predicted octanol–water partition coefficient (Wildman–Crippen LogP) is 3.77. The number of amides is 2. The third kappa shape index (κ3) is 2.70. The van der Waals surface area contributed by atoms with Crippen LogP contribution in [0.5, 0.6) is 0 Å². The molecule has 0 aliphatic carbocycles. The predicted molar refractivity (Wildman–Crippen MR) is 90.2 cm³/mol. The lowest BCUT2D eigenvalue weighted by atomic mass is 9.98. The van der Waals surface area contributed by atoms with Crippen LogP contribution < -0.4 is 5.32 Å². The Morgan fingerprint density at radius 3 is 2.73 bits per heavy atom. The van der Waals surface area contributed by atoms with E-state index in [1.165, 1.54) is 27.7 Å². The summed E-state index contributed by atoms with van der Waals surface area (Å²) >= 11 is 0. The number of nitrogens with zero attached hydrogens (tertiary/aromatic N) is 1. The van der Waals surface area contributed by atoms with Crippen LogP contribution in [0.25, 0.3) is 10.9 Å². The van der Waals surface area contributed by atoms with Crippen molar-refractivity contribution >= 4 is 16.9 Å². The van der Waals surface area contributed by atoms with Gasteiger partial charge in [0.2, 0.25) is 0 Å². The summed E-state index contributed by atoms with van der Waals surface area (Å²) in [6.07, 6.45) is 0.895. The molecule has 2 heterocycles. The number of rotatable bonds is 2. The van der Waals surface area contributed by atoms with Gasteiger partial charge < -0.3 is 15.2 Å². The average Bonchev–Trinajstić information content (AvgIpc) is 2.83. The average molecular weight is 299 g/mol. The Labute approximate surface area is 131 Å². The lowest BCUT2D eigenvalue weighted by Gasteiger charge is -2.28. The van der Waals surface area contributed by atoms with Gasteiger partial charge in [0.1, 0.15) is 0 Å². The summed E-state index contributed by atoms with van der Waals surface area (Å²) in [5, 5.41) is 4.26. The van der Waals surface area contributed by atoms with Crippen molar-refractivity contribution in [2.75, 3.05) is 6.54 Å². The van der Waals surface area contributed by atoms with Crippen molar-refractivity contribution in [1.29, 1.82) is 0 Å². The summed E-state index contributed by atoms with van der Waals surface area (Å²) in [5.74, 6) is 0.513. The van der Waals surface area contributed by atoms with E-state index < -0.39 is 0 Å². The molecular weight excluding hydrogens is 274 g/mol. The molecule has 118 valence electrons. The molecule has 0 saturated carbocycles. The highest BCUT2D eigenvalue weighted by Crippen LogP contribution is 2.30. The molecule has 1 aliphatic rings. The fourth-order valence-electron chi connectivity index (χ4n) is 3.10. The molecule has 0 bridgehead atoms. The van der Waals surface area contributed by atoms with Crippen molar-refractivity contribution in [3.63, 3.8) is 0 Å². The van der Waals surface area contributed by atoms with Crippen LogP contribution in [0.4, 0.5) is 4.79 Å². The Balaban J connectivity index is 1.93. The number of aromatic nitrogens is 1. The molecule has 0 atom stereocenters. The third-order valence-corrected chi connectivity index (χ3v) is 4.37. The minimum absolute atomic E-state index is 0.0371. The first-order valence-electron chi connectivity index (χ1n) is 8.14. The van der Waals surface area contributed by atoms with Crippen LogP contribution >= 0.6 is 0 Å². The Morgan fingerprint density at radius 1 is 1.27 bits per heavy atom. The van der Waals surface area contributed by atoms with Gasteiger partial charge in [-0.15, -0.1) is 0 Å².